The summed E-state index contributed by atoms with van der Waals surface area (Å²) in [6.45, 7) is 1.75. The summed E-state index contributed by atoms with van der Waals surface area (Å²) in [5, 5.41) is 8.19. The number of nitrogens with two attached hydrogens (primary N) is 1. The first-order chi connectivity index (χ1) is 8.11. The molecule has 4 nitrogen and oxygen atoms in total. The summed E-state index contributed by atoms with van der Waals surface area (Å²) in [4.78, 5) is 2.18. The van der Waals surface area contributed by atoms with Gasteiger partial charge in [-0.1, -0.05) is 11.6 Å². The Morgan fingerprint density at radius 2 is 2.35 bits per heavy atom. The van der Waals surface area contributed by atoms with Gasteiger partial charge in [-0.3, -0.25) is 5.41 Å². The van der Waals surface area contributed by atoms with Gasteiger partial charge in [-0.05, 0) is 24.6 Å². The van der Waals surface area contributed by atoms with Crippen LogP contribution in [0.2, 0.25) is 5.02 Å². The predicted octanol–water partition coefficient (Wildman–Crippen LogP) is 1.85. The minimum Gasteiger partial charge on any atom is -0.384 e. The molecule has 1 aromatic carbocycles. The molecular formula is C12H16ClN3O. The van der Waals surface area contributed by atoms with Gasteiger partial charge in [0, 0.05) is 36.5 Å². The van der Waals surface area contributed by atoms with Gasteiger partial charge in [0.05, 0.1) is 6.10 Å². The fourth-order valence-corrected chi connectivity index (χ4v) is 2.31. The second-order valence-electron chi connectivity index (χ2n) is 4.17. The monoisotopic (exact) mass is 253 g/mol. The minimum absolute atomic E-state index is 0.0448. The molecule has 1 atom stereocenters. The molecule has 1 aromatic rings. The van der Waals surface area contributed by atoms with Gasteiger partial charge in [-0.15, -0.1) is 0 Å². The molecule has 1 saturated heterocycles. The van der Waals surface area contributed by atoms with Crippen LogP contribution in [0.5, 0.6) is 0 Å². The molecule has 1 heterocycles. The molecule has 1 aliphatic heterocycles. The first kappa shape index (κ1) is 12.2. The van der Waals surface area contributed by atoms with E-state index in [1.54, 1.807) is 13.2 Å². The van der Waals surface area contributed by atoms with Crippen LogP contribution in [0, 0.1) is 5.41 Å². The Kier molecular flexibility index (Phi) is 3.54. The maximum Gasteiger partial charge on any atom is 0.124 e. The van der Waals surface area contributed by atoms with Crippen molar-refractivity contribution in [1.82, 2.24) is 0 Å². The molecule has 5 heteroatoms. The van der Waals surface area contributed by atoms with Crippen LogP contribution in [0.15, 0.2) is 18.2 Å². The van der Waals surface area contributed by atoms with Crippen molar-refractivity contribution in [1.29, 1.82) is 5.41 Å². The molecule has 2 rings (SSSR count). The van der Waals surface area contributed by atoms with Gasteiger partial charge in [-0.25, -0.2) is 0 Å². The van der Waals surface area contributed by atoms with Crippen LogP contribution in [-0.4, -0.2) is 32.1 Å². The van der Waals surface area contributed by atoms with Gasteiger partial charge >= 0.3 is 0 Å². The number of nitrogens with zero attached hydrogens (tertiary/aromatic N) is 1. The lowest BCUT2D eigenvalue weighted by molar-refractivity contribution is 0.121. The van der Waals surface area contributed by atoms with Crippen molar-refractivity contribution in [3.8, 4) is 0 Å². The fraction of sp³-hybridized carbons (Fsp3) is 0.417. The van der Waals surface area contributed by atoms with Crippen molar-refractivity contribution in [3.05, 3.63) is 28.8 Å². The number of hydrogen-bond acceptors (Lipinski definition) is 3. The maximum atomic E-state index is 7.59. The van der Waals surface area contributed by atoms with E-state index >= 15 is 0 Å². The van der Waals surface area contributed by atoms with Crippen molar-refractivity contribution in [2.75, 3.05) is 25.1 Å². The highest BCUT2D eigenvalue weighted by molar-refractivity contribution is 6.31. The average Bonchev–Trinajstić information content (AvgIpc) is 2.77. The molecule has 0 aromatic heterocycles. The molecule has 1 aliphatic rings. The summed E-state index contributed by atoms with van der Waals surface area (Å²) in [7, 11) is 1.72. The van der Waals surface area contributed by atoms with Gasteiger partial charge in [0.1, 0.15) is 5.84 Å². The number of anilines is 1. The summed E-state index contributed by atoms with van der Waals surface area (Å²) in [6.07, 6.45) is 1.25. The molecule has 1 unspecified atom stereocenters. The molecule has 0 bridgehead atoms. The first-order valence-corrected chi connectivity index (χ1v) is 5.91. The molecule has 0 amide bonds. The van der Waals surface area contributed by atoms with Gasteiger partial charge in [0.2, 0.25) is 0 Å². The number of ether oxygens (including phenoxy) is 1. The second kappa shape index (κ2) is 4.94. The van der Waals surface area contributed by atoms with E-state index in [2.05, 4.69) is 4.90 Å². The van der Waals surface area contributed by atoms with Gasteiger partial charge in [0.25, 0.3) is 0 Å². The number of halogens is 1. The zero-order chi connectivity index (χ0) is 12.4. The number of nitrogen functional groups attached to an aromatic ring is 1. The quantitative estimate of drug-likeness (QED) is 0.638. The van der Waals surface area contributed by atoms with Crippen molar-refractivity contribution in [3.63, 3.8) is 0 Å². The Morgan fingerprint density at radius 3 is 2.94 bits per heavy atom. The van der Waals surface area contributed by atoms with E-state index in [1.165, 1.54) is 0 Å². The van der Waals surface area contributed by atoms with Crippen molar-refractivity contribution in [2.24, 2.45) is 5.73 Å². The summed E-state index contributed by atoms with van der Waals surface area (Å²) in [6, 6.07) is 5.47. The van der Waals surface area contributed by atoms with E-state index < -0.39 is 0 Å². The molecule has 92 valence electrons. The van der Waals surface area contributed by atoms with Crippen LogP contribution >= 0.6 is 11.6 Å². The number of benzene rings is 1. The minimum atomic E-state index is 0.0448. The molecule has 0 radical (unpaired) electrons. The third-order valence-electron chi connectivity index (χ3n) is 3.07. The molecular weight excluding hydrogens is 238 g/mol. The van der Waals surface area contributed by atoms with Gasteiger partial charge in [-0.2, -0.15) is 0 Å². The fourth-order valence-electron chi connectivity index (χ4n) is 2.14. The van der Waals surface area contributed by atoms with Crippen molar-refractivity contribution in [2.45, 2.75) is 12.5 Å². The zero-order valence-corrected chi connectivity index (χ0v) is 10.5. The highest BCUT2D eigenvalue weighted by Gasteiger charge is 2.24. The molecule has 0 aliphatic carbocycles. The Labute approximate surface area is 106 Å². The Hall–Kier alpha value is -1.26. The van der Waals surface area contributed by atoms with E-state index in [9.17, 15) is 0 Å². The average molecular weight is 254 g/mol. The topological polar surface area (TPSA) is 62.3 Å². The third-order valence-corrected chi connectivity index (χ3v) is 3.30. The lowest BCUT2D eigenvalue weighted by Crippen LogP contribution is -2.25. The first-order valence-electron chi connectivity index (χ1n) is 5.53. The summed E-state index contributed by atoms with van der Waals surface area (Å²) in [5.74, 6) is 0.0448. The largest absolute Gasteiger partial charge is 0.384 e. The standard InChI is InChI=1S/C12H16ClN3O/c1-17-9-4-5-16(7-9)11-3-2-8(13)6-10(11)12(14)15/h2-3,6,9H,4-5,7H2,1H3,(H3,14,15). The maximum absolute atomic E-state index is 7.59. The lowest BCUT2D eigenvalue weighted by atomic mass is 10.1. The van der Waals surface area contributed by atoms with Crippen molar-refractivity contribution < 1.29 is 4.74 Å². The van der Waals surface area contributed by atoms with Crippen LogP contribution in [0.1, 0.15) is 12.0 Å². The van der Waals surface area contributed by atoms with Crippen LogP contribution in [-0.2, 0) is 4.74 Å². The predicted molar refractivity (Wildman–Crippen MR) is 70.1 cm³/mol. The molecule has 0 saturated carbocycles. The number of methoxy groups -OCH3 is 1. The molecule has 0 spiro atoms. The number of rotatable bonds is 3. The normalized spacial score (nSPS) is 19.6. The highest BCUT2D eigenvalue weighted by atomic mass is 35.5. The lowest BCUT2D eigenvalue weighted by Gasteiger charge is -2.21. The van der Waals surface area contributed by atoms with E-state index in [0.29, 0.717) is 10.6 Å². The van der Waals surface area contributed by atoms with E-state index in [1.807, 2.05) is 12.1 Å². The number of hydrogen-bond donors (Lipinski definition) is 2. The Bertz CT molecular complexity index is 436. The molecule has 17 heavy (non-hydrogen) atoms. The van der Waals surface area contributed by atoms with Crippen LogP contribution in [0.3, 0.4) is 0 Å². The van der Waals surface area contributed by atoms with E-state index in [0.717, 1.165) is 25.2 Å². The Balaban J connectivity index is 2.29. The van der Waals surface area contributed by atoms with Gasteiger partial charge in [0.15, 0.2) is 0 Å². The SMILES string of the molecule is COC1CCN(c2ccc(Cl)cc2C(=N)N)C1. The zero-order valence-electron chi connectivity index (χ0n) is 9.74. The summed E-state index contributed by atoms with van der Waals surface area (Å²) in [5.41, 5.74) is 7.23. The third kappa shape index (κ3) is 2.53. The van der Waals surface area contributed by atoms with E-state index in [4.69, 9.17) is 27.5 Å². The van der Waals surface area contributed by atoms with E-state index in [-0.39, 0.29) is 11.9 Å². The van der Waals surface area contributed by atoms with Gasteiger partial charge < -0.3 is 15.4 Å². The smallest absolute Gasteiger partial charge is 0.124 e. The van der Waals surface area contributed by atoms with Crippen LogP contribution in [0.4, 0.5) is 5.69 Å². The van der Waals surface area contributed by atoms with Crippen LogP contribution in [0.25, 0.3) is 0 Å². The summed E-state index contributed by atoms with van der Waals surface area (Å²) < 4.78 is 5.33. The number of nitrogens with one attached hydrogen (secondary N) is 1. The summed E-state index contributed by atoms with van der Waals surface area (Å²) >= 11 is 5.93. The second-order valence-corrected chi connectivity index (χ2v) is 4.60. The van der Waals surface area contributed by atoms with Crippen molar-refractivity contribution >= 4 is 23.1 Å². The highest BCUT2D eigenvalue weighted by Crippen LogP contribution is 2.27. The Morgan fingerprint density at radius 1 is 1.59 bits per heavy atom. The van der Waals surface area contributed by atoms with Crippen LogP contribution < -0.4 is 10.6 Å². The number of amidine groups is 1. The molecule has 3 N–H and O–H groups in total. The molecule has 1 fully saturated rings.